The first kappa shape index (κ1) is 33.5. The average molecular weight is 583 g/mol. The molecule has 9 heteroatoms. The summed E-state index contributed by atoms with van der Waals surface area (Å²) in [5.74, 6) is -1.09. The van der Waals surface area contributed by atoms with Gasteiger partial charge in [0.15, 0.2) is 18.2 Å². The van der Waals surface area contributed by atoms with Crippen LogP contribution in [0.25, 0.3) is 0 Å². The lowest BCUT2D eigenvalue weighted by atomic mass is 9.75. The van der Waals surface area contributed by atoms with E-state index in [1.54, 1.807) is 6.92 Å². The van der Waals surface area contributed by atoms with Gasteiger partial charge in [0, 0.05) is 6.61 Å². The van der Waals surface area contributed by atoms with Crippen molar-refractivity contribution < 1.29 is 32.3 Å². The van der Waals surface area contributed by atoms with E-state index in [2.05, 4.69) is 33.9 Å². The molecular formula is C30H50O7SSi. The number of methoxy groups -OCH3 is 1. The van der Waals surface area contributed by atoms with E-state index in [0.717, 1.165) is 18.4 Å². The minimum absolute atomic E-state index is 0.00433. The van der Waals surface area contributed by atoms with Gasteiger partial charge in [0.05, 0.1) is 29.4 Å². The van der Waals surface area contributed by atoms with Crippen LogP contribution < -0.4 is 0 Å². The third-order valence-corrected chi connectivity index (χ3v) is 15.4. The van der Waals surface area contributed by atoms with E-state index in [4.69, 9.17) is 9.16 Å². The van der Waals surface area contributed by atoms with Crippen LogP contribution in [0.4, 0.5) is 0 Å². The van der Waals surface area contributed by atoms with Crippen molar-refractivity contribution in [3.05, 3.63) is 35.4 Å². The van der Waals surface area contributed by atoms with Crippen LogP contribution in [0.15, 0.2) is 24.3 Å². The molecule has 0 spiro atoms. The van der Waals surface area contributed by atoms with Crippen molar-refractivity contribution in [3.8, 4) is 0 Å². The van der Waals surface area contributed by atoms with Crippen LogP contribution in [0.5, 0.6) is 0 Å². The number of hydrogen-bond acceptors (Lipinski definition) is 6. The van der Waals surface area contributed by atoms with Gasteiger partial charge in [-0.2, -0.15) is 0 Å². The Morgan fingerprint density at radius 1 is 1.05 bits per heavy atom. The second kappa shape index (κ2) is 12.0. The van der Waals surface area contributed by atoms with Crippen molar-refractivity contribution in [2.45, 2.75) is 104 Å². The number of carboxylic acid groups (broad SMARTS) is 1. The van der Waals surface area contributed by atoms with Crippen molar-refractivity contribution in [2.24, 2.45) is 10.8 Å². The number of sulfone groups is 1. The first-order valence-electron chi connectivity index (χ1n) is 13.9. The Bertz CT molecular complexity index is 1130. The summed E-state index contributed by atoms with van der Waals surface area (Å²) in [5, 5.41) is 10.2. The van der Waals surface area contributed by atoms with E-state index in [-0.39, 0.29) is 29.1 Å². The van der Waals surface area contributed by atoms with Gasteiger partial charge in [-0.3, -0.25) is 9.59 Å². The van der Waals surface area contributed by atoms with Crippen LogP contribution in [0.2, 0.25) is 18.1 Å². The third kappa shape index (κ3) is 8.89. The Labute approximate surface area is 237 Å². The molecule has 0 aliphatic heterocycles. The molecule has 222 valence electrons. The molecule has 1 aliphatic rings. The number of ether oxygens (including phenoxy) is 1. The molecule has 0 radical (unpaired) electrons. The predicted molar refractivity (Wildman–Crippen MR) is 158 cm³/mol. The van der Waals surface area contributed by atoms with Gasteiger partial charge in [0.2, 0.25) is 0 Å². The van der Waals surface area contributed by atoms with Crippen LogP contribution in [0.1, 0.15) is 84.8 Å². The zero-order chi connectivity index (χ0) is 29.9. The molecule has 1 fully saturated rings. The van der Waals surface area contributed by atoms with Gasteiger partial charge in [0.1, 0.15) is 0 Å². The van der Waals surface area contributed by atoms with Crippen LogP contribution in [-0.4, -0.2) is 59.0 Å². The molecule has 1 aliphatic carbocycles. The highest BCUT2D eigenvalue weighted by Crippen LogP contribution is 2.49. The average Bonchev–Trinajstić information content (AvgIpc) is 3.57. The van der Waals surface area contributed by atoms with E-state index in [0.29, 0.717) is 31.2 Å². The number of hydrogen-bond donors (Lipinski definition) is 1. The molecule has 2 rings (SSSR count). The molecule has 0 aromatic heterocycles. The summed E-state index contributed by atoms with van der Waals surface area (Å²) in [4.78, 5) is 24.7. The number of carbonyl (C=O) groups is 2. The van der Waals surface area contributed by atoms with E-state index in [1.165, 1.54) is 7.11 Å². The SMILES string of the molecule is COC(=O)C1(Cc2cccc([C@@](C)(CCCC(C)(C)CS(=O)(=O)CCO[Si](C)(C)C(C)(C)C)C(=O)O)c2)CC1. The molecule has 0 saturated heterocycles. The molecule has 0 bridgehead atoms. The molecule has 1 aromatic carbocycles. The van der Waals surface area contributed by atoms with Gasteiger partial charge in [-0.05, 0) is 73.7 Å². The molecule has 7 nitrogen and oxygen atoms in total. The van der Waals surface area contributed by atoms with Crippen molar-refractivity contribution in [3.63, 3.8) is 0 Å². The molecule has 1 atom stereocenters. The van der Waals surface area contributed by atoms with Crippen molar-refractivity contribution in [2.75, 3.05) is 25.2 Å². The largest absolute Gasteiger partial charge is 0.481 e. The molecule has 0 unspecified atom stereocenters. The first-order chi connectivity index (χ1) is 17.7. The number of carbonyl (C=O) groups excluding carboxylic acids is 1. The highest BCUT2D eigenvalue weighted by Gasteiger charge is 2.51. The zero-order valence-electron chi connectivity index (χ0n) is 25.5. The maximum Gasteiger partial charge on any atom is 0.313 e. The smallest absolute Gasteiger partial charge is 0.313 e. The normalized spacial score (nSPS) is 17.4. The van der Waals surface area contributed by atoms with Crippen LogP contribution in [0, 0.1) is 10.8 Å². The number of rotatable bonds is 15. The topological polar surface area (TPSA) is 107 Å². The fraction of sp³-hybridized carbons (Fsp3) is 0.733. The van der Waals surface area contributed by atoms with Gasteiger partial charge in [-0.15, -0.1) is 0 Å². The standard InChI is InChI=1S/C30H50O7SSi/c1-27(2,3)39(8,9)37-18-19-38(34,35)22-28(4,5)14-11-15-29(6,25(31)32)24-13-10-12-23(20-24)21-30(16-17-30)26(33)36-7/h10,12-13,20H,11,14-19,21-22H2,1-9H3,(H,31,32)/t29-/m1/s1. The molecule has 1 N–H and O–H groups in total. The van der Waals surface area contributed by atoms with Crippen molar-refractivity contribution in [1.82, 2.24) is 0 Å². The maximum absolute atomic E-state index is 12.9. The molecule has 39 heavy (non-hydrogen) atoms. The summed E-state index contributed by atoms with van der Waals surface area (Å²) in [7, 11) is -3.94. The lowest BCUT2D eigenvalue weighted by molar-refractivity contribution is -0.147. The highest BCUT2D eigenvalue weighted by atomic mass is 32.2. The summed E-state index contributed by atoms with van der Waals surface area (Å²) >= 11 is 0. The Hall–Kier alpha value is -1.71. The third-order valence-electron chi connectivity index (χ3n) is 8.86. The Morgan fingerprint density at radius 3 is 2.18 bits per heavy atom. The molecular weight excluding hydrogens is 532 g/mol. The highest BCUT2D eigenvalue weighted by molar-refractivity contribution is 7.91. The minimum Gasteiger partial charge on any atom is -0.481 e. The summed E-state index contributed by atoms with van der Waals surface area (Å²) in [6.07, 6.45) is 3.63. The van der Waals surface area contributed by atoms with Crippen molar-refractivity contribution >= 4 is 30.1 Å². The first-order valence-corrected chi connectivity index (χ1v) is 18.7. The second-order valence-electron chi connectivity index (χ2n) is 14.0. The van der Waals surface area contributed by atoms with E-state index in [1.807, 2.05) is 38.1 Å². The lowest BCUT2D eigenvalue weighted by Crippen LogP contribution is -2.42. The van der Waals surface area contributed by atoms with E-state index >= 15 is 0 Å². The van der Waals surface area contributed by atoms with Crippen molar-refractivity contribution in [1.29, 1.82) is 0 Å². The number of carboxylic acids is 1. The van der Waals surface area contributed by atoms with Gasteiger partial charge in [0.25, 0.3) is 0 Å². The summed E-state index contributed by atoms with van der Waals surface area (Å²) in [6.45, 7) is 16.4. The fourth-order valence-electron chi connectivity index (χ4n) is 4.91. The molecule has 1 aromatic rings. The molecule has 0 amide bonds. The molecule has 0 heterocycles. The predicted octanol–water partition coefficient (Wildman–Crippen LogP) is 6.16. The number of benzene rings is 1. The number of aliphatic carboxylic acids is 1. The minimum atomic E-state index is -3.32. The second-order valence-corrected chi connectivity index (χ2v) is 21.0. The monoisotopic (exact) mass is 582 g/mol. The van der Waals surface area contributed by atoms with Gasteiger partial charge >= 0.3 is 11.9 Å². The molecule has 1 saturated carbocycles. The van der Waals surface area contributed by atoms with E-state index in [9.17, 15) is 23.1 Å². The summed E-state index contributed by atoms with van der Waals surface area (Å²) < 4.78 is 36.9. The van der Waals surface area contributed by atoms with E-state index < -0.39 is 40.4 Å². The number of esters is 1. The maximum atomic E-state index is 12.9. The quantitative estimate of drug-likeness (QED) is 0.195. The van der Waals surface area contributed by atoms with Crippen LogP contribution in [-0.2, 0) is 40.4 Å². The van der Waals surface area contributed by atoms with Crippen LogP contribution in [0.3, 0.4) is 0 Å². The fourth-order valence-corrected chi connectivity index (χ4v) is 7.92. The van der Waals surface area contributed by atoms with Gasteiger partial charge in [-0.25, -0.2) is 8.42 Å². The zero-order valence-corrected chi connectivity index (χ0v) is 27.3. The van der Waals surface area contributed by atoms with Gasteiger partial charge in [-0.1, -0.05) is 65.3 Å². The lowest BCUT2D eigenvalue weighted by Gasteiger charge is -2.36. The Kier molecular flexibility index (Phi) is 10.3. The summed E-state index contributed by atoms with van der Waals surface area (Å²) in [5.41, 5.74) is -0.478. The Morgan fingerprint density at radius 2 is 1.67 bits per heavy atom. The Balaban J connectivity index is 2.02. The van der Waals surface area contributed by atoms with Gasteiger partial charge < -0.3 is 14.3 Å². The summed E-state index contributed by atoms with van der Waals surface area (Å²) in [6, 6.07) is 7.50. The van der Waals surface area contributed by atoms with Crippen LogP contribution >= 0.6 is 0 Å².